The van der Waals surface area contributed by atoms with E-state index in [-0.39, 0.29) is 35.6 Å². The number of carbonyl (C=O) groups excluding carboxylic acids is 1. The van der Waals surface area contributed by atoms with Gasteiger partial charge >= 0.3 is 6.18 Å². The van der Waals surface area contributed by atoms with E-state index >= 15 is 0 Å². The van der Waals surface area contributed by atoms with E-state index in [1.807, 2.05) is 4.90 Å². The summed E-state index contributed by atoms with van der Waals surface area (Å²) in [6, 6.07) is 0.660. The van der Waals surface area contributed by atoms with Crippen LogP contribution in [0.2, 0.25) is 0 Å². The van der Waals surface area contributed by atoms with Gasteiger partial charge in [-0.1, -0.05) is 6.42 Å². The van der Waals surface area contributed by atoms with E-state index in [0.29, 0.717) is 36.8 Å². The van der Waals surface area contributed by atoms with Gasteiger partial charge in [0.15, 0.2) is 10.8 Å². The van der Waals surface area contributed by atoms with Gasteiger partial charge in [-0.2, -0.15) is 13.2 Å². The smallest absolute Gasteiger partial charge is 0.379 e. The number of aromatic nitrogens is 1. The Morgan fingerprint density at radius 1 is 1.29 bits per heavy atom. The number of hydrogen-bond donors (Lipinski definition) is 1. The second-order valence-electron chi connectivity index (χ2n) is 11.0. The van der Waals surface area contributed by atoms with Gasteiger partial charge in [-0.25, -0.2) is 4.98 Å². The van der Waals surface area contributed by atoms with E-state index in [0.717, 1.165) is 68.3 Å². The number of halogens is 3. The van der Waals surface area contributed by atoms with Crippen LogP contribution >= 0.6 is 11.3 Å². The van der Waals surface area contributed by atoms with Crippen molar-refractivity contribution in [1.82, 2.24) is 15.2 Å². The number of fused-ring (bicyclic) bond motifs is 3. The van der Waals surface area contributed by atoms with E-state index < -0.39 is 11.9 Å². The minimum absolute atomic E-state index is 0.0415. The molecule has 5 aliphatic rings. The van der Waals surface area contributed by atoms with Gasteiger partial charge in [-0.05, 0) is 44.4 Å². The molecule has 0 aromatic carbocycles. The number of carbonyl (C=O) groups is 1. The number of amides is 1. The molecule has 3 saturated heterocycles. The van der Waals surface area contributed by atoms with Crippen molar-refractivity contribution in [3.8, 4) is 0 Å². The number of thiazole rings is 1. The van der Waals surface area contributed by atoms with Gasteiger partial charge in [0.25, 0.3) is 0 Å². The molecule has 1 amide bonds. The summed E-state index contributed by atoms with van der Waals surface area (Å²) in [5.41, 5.74) is -1.13. The number of ether oxygens (including phenoxy) is 2. The van der Waals surface area contributed by atoms with Crippen LogP contribution in [0, 0.1) is 11.3 Å². The van der Waals surface area contributed by atoms with Gasteiger partial charge < -0.3 is 24.6 Å². The molecule has 2 saturated carbocycles. The maximum absolute atomic E-state index is 14.1. The molecule has 35 heavy (non-hydrogen) atoms. The zero-order valence-corrected chi connectivity index (χ0v) is 20.7. The molecule has 4 heterocycles. The molecular weight excluding hydrogens is 481 g/mol. The summed E-state index contributed by atoms with van der Waals surface area (Å²) in [6.45, 7) is 2.49. The molecule has 11 heteroatoms. The zero-order valence-electron chi connectivity index (χ0n) is 19.9. The lowest BCUT2D eigenvalue weighted by molar-refractivity contribution is -0.144. The Hall–Kier alpha value is -1.43. The predicted octanol–water partition coefficient (Wildman–Crippen LogP) is 3.29. The molecule has 1 N–H and O–H groups in total. The third-order valence-corrected chi connectivity index (χ3v) is 10.0. The fourth-order valence-electron chi connectivity index (χ4n) is 7.52. The van der Waals surface area contributed by atoms with E-state index in [4.69, 9.17) is 9.47 Å². The molecule has 194 valence electrons. The number of methoxy groups -OCH3 is 1. The average molecular weight is 515 g/mol. The van der Waals surface area contributed by atoms with Crippen molar-refractivity contribution in [3.63, 3.8) is 0 Å². The molecule has 5 fully saturated rings. The number of hydrogen-bond acceptors (Lipinski definition) is 7. The Labute approximate surface area is 207 Å². The van der Waals surface area contributed by atoms with E-state index in [2.05, 4.69) is 15.2 Å². The van der Waals surface area contributed by atoms with Crippen LogP contribution in [0.3, 0.4) is 0 Å². The van der Waals surface area contributed by atoms with Crippen molar-refractivity contribution in [1.29, 1.82) is 0 Å². The standard InChI is InChI=1S/C24H33F3N4O3S/c1-33-19-12-34-6-4-18(19)28-15-7-14-3-2-5-23(14,9-15)21(32)30-10-17-8-16(30)11-31(17)22-29-20(13-35-22)24(25,26)27/h13-19,28H,2-12H2,1H3/t14-,15-,16+,17+,18+,19-,23-/m1/s1. The van der Waals surface area contributed by atoms with Crippen LogP contribution in [0.1, 0.15) is 50.6 Å². The quantitative estimate of drug-likeness (QED) is 0.651. The molecule has 0 spiro atoms. The molecule has 1 aromatic rings. The molecule has 3 aliphatic heterocycles. The maximum Gasteiger partial charge on any atom is 0.434 e. The van der Waals surface area contributed by atoms with Crippen molar-refractivity contribution < 1.29 is 27.4 Å². The third kappa shape index (κ3) is 4.06. The second-order valence-corrected chi connectivity index (χ2v) is 11.8. The lowest BCUT2D eigenvalue weighted by Crippen LogP contribution is -2.54. The van der Waals surface area contributed by atoms with Gasteiger partial charge in [0.05, 0.1) is 30.2 Å². The summed E-state index contributed by atoms with van der Waals surface area (Å²) >= 11 is 1.05. The van der Waals surface area contributed by atoms with Crippen LogP contribution in [0.25, 0.3) is 0 Å². The monoisotopic (exact) mass is 514 g/mol. The lowest BCUT2D eigenvalue weighted by Gasteiger charge is -2.40. The maximum atomic E-state index is 14.1. The Kier molecular flexibility index (Phi) is 6.05. The number of piperazine rings is 1. The van der Waals surface area contributed by atoms with Gasteiger partial charge in [-0.3, -0.25) is 4.79 Å². The number of alkyl halides is 3. The van der Waals surface area contributed by atoms with Crippen molar-refractivity contribution in [2.75, 3.05) is 38.3 Å². The summed E-state index contributed by atoms with van der Waals surface area (Å²) in [6.07, 6.45) is 2.36. The molecule has 7 nitrogen and oxygen atoms in total. The second kappa shape index (κ2) is 8.85. The van der Waals surface area contributed by atoms with Crippen molar-refractivity contribution >= 4 is 22.4 Å². The van der Waals surface area contributed by atoms with Crippen LogP contribution in [0.15, 0.2) is 5.38 Å². The molecular formula is C24H33F3N4O3S. The minimum atomic E-state index is -4.42. The first-order valence-corrected chi connectivity index (χ1v) is 13.6. The highest BCUT2D eigenvalue weighted by Crippen LogP contribution is 2.56. The van der Waals surface area contributed by atoms with Gasteiger partial charge in [0.1, 0.15) is 0 Å². The first-order valence-electron chi connectivity index (χ1n) is 12.8. The third-order valence-electron chi connectivity index (χ3n) is 9.15. The van der Waals surface area contributed by atoms with Gasteiger partial charge in [0.2, 0.25) is 5.91 Å². The highest BCUT2D eigenvalue weighted by atomic mass is 32.1. The molecule has 0 unspecified atom stereocenters. The first kappa shape index (κ1) is 23.9. The highest BCUT2D eigenvalue weighted by Gasteiger charge is 2.59. The number of nitrogens with one attached hydrogen (secondary N) is 1. The summed E-state index contributed by atoms with van der Waals surface area (Å²) < 4.78 is 50.2. The topological polar surface area (TPSA) is 66.9 Å². The average Bonchev–Trinajstić information content (AvgIpc) is 3.63. The van der Waals surface area contributed by atoms with E-state index in [9.17, 15) is 18.0 Å². The molecule has 6 rings (SSSR count). The van der Waals surface area contributed by atoms with Gasteiger partial charge in [-0.15, -0.1) is 11.3 Å². The molecule has 2 bridgehead atoms. The molecule has 0 radical (unpaired) electrons. The Bertz CT molecular complexity index is 961. The number of nitrogens with zero attached hydrogens (tertiary/aromatic N) is 3. The van der Waals surface area contributed by atoms with Crippen LogP contribution in [0.4, 0.5) is 18.3 Å². The van der Waals surface area contributed by atoms with Gasteiger partial charge in [0, 0.05) is 44.3 Å². The summed E-state index contributed by atoms with van der Waals surface area (Å²) in [5.74, 6) is 0.679. The summed E-state index contributed by atoms with van der Waals surface area (Å²) in [4.78, 5) is 21.9. The fraction of sp³-hybridized carbons (Fsp3) is 0.833. The number of anilines is 1. The Morgan fingerprint density at radius 3 is 2.86 bits per heavy atom. The normalized spacial score (nSPS) is 39.0. The minimum Gasteiger partial charge on any atom is -0.379 e. The van der Waals surface area contributed by atoms with E-state index in [1.165, 1.54) is 0 Å². The molecule has 1 aromatic heterocycles. The SMILES string of the molecule is CO[C@@H]1COCC[C@@H]1N[C@@H]1C[C@H]2CCC[C@@]2(C(=O)N2C[C@@H]3C[C@H]2CN3c2nc(C(F)(F)F)cs2)C1. The van der Waals surface area contributed by atoms with Crippen LogP contribution in [0.5, 0.6) is 0 Å². The number of rotatable bonds is 5. The molecule has 2 aliphatic carbocycles. The van der Waals surface area contributed by atoms with Crippen LogP contribution < -0.4 is 10.2 Å². The summed E-state index contributed by atoms with van der Waals surface area (Å²) in [7, 11) is 1.73. The number of likely N-dealkylation sites (tertiary alicyclic amines) is 1. The van der Waals surface area contributed by atoms with E-state index in [1.54, 1.807) is 7.11 Å². The predicted molar refractivity (Wildman–Crippen MR) is 124 cm³/mol. The fourth-order valence-corrected chi connectivity index (χ4v) is 8.43. The molecule has 7 atom stereocenters. The van der Waals surface area contributed by atoms with Crippen molar-refractivity contribution in [2.24, 2.45) is 11.3 Å². The van der Waals surface area contributed by atoms with Crippen molar-refractivity contribution in [3.05, 3.63) is 11.1 Å². The highest BCUT2D eigenvalue weighted by molar-refractivity contribution is 7.13. The largest absolute Gasteiger partial charge is 0.434 e. The zero-order chi connectivity index (χ0) is 24.4. The van der Waals surface area contributed by atoms with Crippen molar-refractivity contribution in [2.45, 2.75) is 81.4 Å². The lowest BCUT2D eigenvalue weighted by atomic mass is 9.78. The summed E-state index contributed by atoms with van der Waals surface area (Å²) in [5, 5.41) is 5.32. The Morgan fingerprint density at radius 2 is 2.14 bits per heavy atom. The Balaban J connectivity index is 1.12. The van der Waals surface area contributed by atoms with Crippen LogP contribution in [-0.2, 0) is 20.4 Å². The first-order chi connectivity index (χ1) is 16.8. The van der Waals surface area contributed by atoms with Crippen LogP contribution in [-0.4, -0.2) is 79.5 Å².